The summed E-state index contributed by atoms with van der Waals surface area (Å²) >= 11 is 0. The number of hydrogen-bond donors (Lipinski definition) is 3. The Balaban J connectivity index is 2.10. The van der Waals surface area contributed by atoms with Gasteiger partial charge in [0.2, 0.25) is 15.9 Å². The van der Waals surface area contributed by atoms with Gasteiger partial charge in [-0.05, 0) is 24.3 Å². The lowest BCUT2D eigenvalue weighted by molar-refractivity contribution is 0.510. The summed E-state index contributed by atoms with van der Waals surface area (Å²) in [6.45, 7) is 0.421. The molecule has 1 aromatic heterocycles. The van der Waals surface area contributed by atoms with Crippen molar-refractivity contribution in [2.75, 3.05) is 11.9 Å². The van der Waals surface area contributed by atoms with Crippen LogP contribution in [0.4, 0.5) is 11.7 Å². The molecule has 0 aliphatic carbocycles. The standard InChI is InChI=1S/C10H13N5O3S/c11-6-5-9-14-15-10(18-9)13-7-1-3-8(4-2-7)19(12,16)17/h1-4H,5-6,11H2,(H,13,15)(H2,12,16,17). The summed E-state index contributed by atoms with van der Waals surface area (Å²) in [6.07, 6.45) is 0.499. The maximum Gasteiger partial charge on any atom is 0.320 e. The topological polar surface area (TPSA) is 137 Å². The lowest BCUT2D eigenvalue weighted by atomic mass is 10.3. The molecule has 102 valence electrons. The average Bonchev–Trinajstić information content (AvgIpc) is 2.77. The fraction of sp³-hybridized carbons (Fsp3) is 0.200. The Morgan fingerprint density at radius 1 is 1.21 bits per heavy atom. The monoisotopic (exact) mass is 283 g/mol. The first-order chi connectivity index (χ1) is 8.99. The van der Waals surface area contributed by atoms with Gasteiger partial charge in [0.1, 0.15) is 0 Å². The van der Waals surface area contributed by atoms with Crippen LogP contribution in [-0.2, 0) is 16.4 Å². The molecule has 8 nitrogen and oxygen atoms in total. The van der Waals surface area contributed by atoms with Gasteiger partial charge in [-0.15, -0.1) is 5.10 Å². The molecule has 0 saturated heterocycles. The number of nitrogens with one attached hydrogen (secondary N) is 1. The summed E-state index contributed by atoms with van der Waals surface area (Å²) in [6, 6.07) is 6.08. The number of primary sulfonamides is 1. The molecule has 1 heterocycles. The van der Waals surface area contributed by atoms with Crippen molar-refractivity contribution < 1.29 is 12.8 Å². The highest BCUT2D eigenvalue weighted by Gasteiger charge is 2.08. The van der Waals surface area contributed by atoms with Crippen molar-refractivity contribution >= 4 is 21.7 Å². The van der Waals surface area contributed by atoms with Crippen LogP contribution in [0.5, 0.6) is 0 Å². The summed E-state index contributed by atoms with van der Waals surface area (Å²) in [4.78, 5) is 0.0346. The van der Waals surface area contributed by atoms with Gasteiger partial charge < -0.3 is 15.5 Å². The maximum absolute atomic E-state index is 11.1. The van der Waals surface area contributed by atoms with Gasteiger partial charge in [0.25, 0.3) is 0 Å². The molecular formula is C10H13N5O3S. The molecule has 0 radical (unpaired) electrons. The molecule has 0 amide bonds. The number of benzene rings is 1. The summed E-state index contributed by atoms with van der Waals surface area (Å²) in [5.74, 6) is 0.436. The SMILES string of the molecule is NCCc1nnc(Nc2ccc(S(N)(=O)=O)cc2)o1. The third-order valence-electron chi connectivity index (χ3n) is 2.26. The molecule has 2 rings (SSSR count). The van der Waals surface area contributed by atoms with E-state index in [1.54, 1.807) is 12.1 Å². The molecular weight excluding hydrogens is 270 g/mol. The zero-order valence-electron chi connectivity index (χ0n) is 9.91. The molecule has 5 N–H and O–H groups in total. The molecule has 0 aliphatic heterocycles. The Hall–Kier alpha value is -1.97. The molecule has 19 heavy (non-hydrogen) atoms. The molecule has 0 aliphatic rings. The number of anilines is 2. The molecule has 0 unspecified atom stereocenters. The van der Waals surface area contributed by atoms with E-state index in [1.807, 2.05) is 0 Å². The van der Waals surface area contributed by atoms with Crippen LogP contribution in [-0.4, -0.2) is 25.2 Å². The number of sulfonamides is 1. The lowest BCUT2D eigenvalue weighted by Crippen LogP contribution is -2.11. The fourth-order valence-corrected chi connectivity index (χ4v) is 1.90. The van der Waals surface area contributed by atoms with E-state index in [0.29, 0.717) is 24.5 Å². The van der Waals surface area contributed by atoms with Gasteiger partial charge in [0, 0.05) is 18.7 Å². The first kappa shape index (κ1) is 13.5. The second-order valence-corrected chi connectivity index (χ2v) is 5.30. The van der Waals surface area contributed by atoms with E-state index >= 15 is 0 Å². The Morgan fingerprint density at radius 2 is 1.89 bits per heavy atom. The Kier molecular flexibility index (Phi) is 3.79. The highest BCUT2D eigenvalue weighted by Crippen LogP contribution is 2.17. The minimum Gasteiger partial charge on any atom is -0.408 e. The van der Waals surface area contributed by atoms with Crippen LogP contribution in [0, 0.1) is 0 Å². The van der Waals surface area contributed by atoms with E-state index in [4.69, 9.17) is 15.3 Å². The van der Waals surface area contributed by atoms with Crippen LogP contribution in [0.2, 0.25) is 0 Å². The average molecular weight is 283 g/mol. The molecule has 0 saturated carbocycles. The van der Waals surface area contributed by atoms with Crippen LogP contribution in [0.3, 0.4) is 0 Å². The normalized spacial score (nSPS) is 11.5. The van der Waals surface area contributed by atoms with Crippen molar-refractivity contribution in [3.8, 4) is 0 Å². The van der Waals surface area contributed by atoms with Crippen LogP contribution < -0.4 is 16.2 Å². The number of aromatic nitrogens is 2. The second kappa shape index (κ2) is 5.34. The summed E-state index contributed by atoms with van der Waals surface area (Å²) in [5.41, 5.74) is 5.97. The first-order valence-corrected chi connectivity index (χ1v) is 6.96. The van der Waals surface area contributed by atoms with Gasteiger partial charge in [0.15, 0.2) is 0 Å². The summed E-state index contributed by atoms with van der Waals surface area (Å²) in [7, 11) is -3.69. The molecule has 0 bridgehead atoms. The minimum atomic E-state index is -3.69. The highest BCUT2D eigenvalue weighted by molar-refractivity contribution is 7.89. The van der Waals surface area contributed by atoms with E-state index in [2.05, 4.69) is 15.5 Å². The lowest BCUT2D eigenvalue weighted by Gasteiger charge is -2.02. The van der Waals surface area contributed by atoms with E-state index in [1.165, 1.54) is 12.1 Å². The van der Waals surface area contributed by atoms with E-state index in [-0.39, 0.29) is 10.9 Å². The van der Waals surface area contributed by atoms with Crippen molar-refractivity contribution in [3.05, 3.63) is 30.2 Å². The largest absolute Gasteiger partial charge is 0.408 e. The second-order valence-electron chi connectivity index (χ2n) is 3.73. The van der Waals surface area contributed by atoms with E-state index < -0.39 is 10.0 Å². The zero-order chi connectivity index (χ0) is 13.9. The van der Waals surface area contributed by atoms with Crippen molar-refractivity contribution in [1.29, 1.82) is 0 Å². The Labute approximate surface area is 109 Å². The number of rotatable bonds is 5. The third kappa shape index (κ3) is 3.50. The fourth-order valence-electron chi connectivity index (χ4n) is 1.38. The molecule has 1 aromatic carbocycles. The number of hydrogen-bond acceptors (Lipinski definition) is 7. The molecule has 9 heteroatoms. The van der Waals surface area contributed by atoms with Crippen LogP contribution in [0.15, 0.2) is 33.6 Å². The van der Waals surface area contributed by atoms with Crippen LogP contribution in [0.1, 0.15) is 5.89 Å². The summed E-state index contributed by atoms with van der Waals surface area (Å²) in [5, 5.41) is 15.4. The van der Waals surface area contributed by atoms with Gasteiger partial charge in [-0.3, -0.25) is 0 Å². The quantitative estimate of drug-likeness (QED) is 0.700. The predicted molar refractivity (Wildman–Crippen MR) is 68.2 cm³/mol. The van der Waals surface area contributed by atoms with Gasteiger partial charge in [-0.2, -0.15) is 0 Å². The van der Waals surface area contributed by atoms with Crippen LogP contribution in [0.25, 0.3) is 0 Å². The Bertz CT molecular complexity index is 650. The van der Waals surface area contributed by atoms with Gasteiger partial charge in [-0.1, -0.05) is 5.10 Å². The minimum absolute atomic E-state index is 0.0346. The van der Waals surface area contributed by atoms with Crippen molar-refractivity contribution in [1.82, 2.24) is 10.2 Å². The summed E-state index contributed by atoms with van der Waals surface area (Å²) < 4.78 is 27.4. The molecule has 0 fully saturated rings. The highest BCUT2D eigenvalue weighted by atomic mass is 32.2. The number of nitrogens with zero attached hydrogens (tertiary/aromatic N) is 2. The smallest absolute Gasteiger partial charge is 0.320 e. The van der Waals surface area contributed by atoms with Crippen molar-refractivity contribution in [2.45, 2.75) is 11.3 Å². The van der Waals surface area contributed by atoms with Crippen LogP contribution >= 0.6 is 0 Å². The van der Waals surface area contributed by atoms with Gasteiger partial charge in [-0.25, -0.2) is 13.6 Å². The van der Waals surface area contributed by atoms with Crippen molar-refractivity contribution in [3.63, 3.8) is 0 Å². The van der Waals surface area contributed by atoms with Crippen molar-refractivity contribution in [2.24, 2.45) is 10.9 Å². The third-order valence-corrected chi connectivity index (χ3v) is 3.19. The maximum atomic E-state index is 11.1. The van der Waals surface area contributed by atoms with E-state index in [9.17, 15) is 8.42 Å². The molecule has 0 spiro atoms. The van der Waals surface area contributed by atoms with E-state index in [0.717, 1.165) is 0 Å². The molecule has 2 aromatic rings. The van der Waals surface area contributed by atoms with Gasteiger partial charge >= 0.3 is 6.01 Å². The zero-order valence-corrected chi connectivity index (χ0v) is 10.7. The predicted octanol–water partition coefficient (Wildman–Crippen LogP) is -0.0382. The molecule has 0 atom stereocenters. The Morgan fingerprint density at radius 3 is 2.47 bits per heavy atom. The number of nitrogens with two attached hydrogens (primary N) is 2. The van der Waals surface area contributed by atoms with Gasteiger partial charge in [0.05, 0.1) is 4.90 Å². The first-order valence-electron chi connectivity index (χ1n) is 5.41.